The second-order valence-electron chi connectivity index (χ2n) is 5.67. The Kier molecular flexibility index (Phi) is 5.39. The molecule has 0 aliphatic carbocycles. The summed E-state index contributed by atoms with van der Waals surface area (Å²) in [5, 5.41) is 0. The third-order valence-electron chi connectivity index (χ3n) is 4.13. The van der Waals surface area contributed by atoms with Crippen molar-refractivity contribution in [2.75, 3.05) is 13.7 Å². The normalized spacial score (nSPS) is 24.5. The van der Waals surface area contributed by atoms with Crippen molar-refractivity contribution in [3.63, 3.8) is 0 Å². The molecule has 1 aliphatic rings. The van der Waals surface area contributed by atoms with Gasteiger partial charge in [0, 0.05) is 7.11 Å². The zero-order valence-corrected chi connectivity index (χ0v) is 13.2. The molecule has 2 aromatic carbocycles. The molecule has 4 heteroatoms. The van der Waals surface area contributed by atoms with Gasteiger partial charge in [-0.2, -0.15) is 0 Å². The maximum atomic E-state index is 13.6. The first-order chi connectivity index (χ1) is 11.3. The summed E-state index contributed by atoms with van der Waals surface area (Å²) in [7, 11) is 1.68. The Morgan fingerprint density at radius 1 is 1.13 bits per heavy atom. The summed E-state index contributed by atoms with van der Waals surface area (Å²) in [6.45, 7) is 1.05. The highest BCUT2D eigenvalue weighted by Gasteiger charge is 2.36. The van der Waals surface area contributed by atoms with E-state index < -0.39 is 0 Å². The van der Waals surface area contributed by atoms with E-state index >= 15 is 0 Å². The van der Waals surface area contributed by atoms with Crippen molar-refractivity contribution in [2.45, 2.75) is 31.3 Å². The van der Waals surface area contributed by atoms with E-state index in [1.54, 1.807) is 13.2 Å². The smallest absolute Gasteiger partial charge is 0.123 e. The first-order valence-electron chi connectivity index (χ1n) is 7.83. The SMILES string of the molecule is COC1CCOC(c2cccc(F)c2)C1OCc1ccccc1. The standard InChI is InChI=1S/C19H21FO3/c1-21-17-10-11-22-18(15-8-5-9-16(20)12-15)19(17)23-13-14-6-3-2-4-7-14/h2-9,12,17-19H,10-11,13H2,1H3. The number of methoxy groups -OCH3 is 1. The first kappa shape index (κ1) is 16.1. The minimum Gasteiger partial charge on any atom is -0.379 e. The Labute approximate surface area is 136 Å². The maximum absolute atomic E-state index is 13.6. The van der Waals surface area contributed by atoms with Crippen LogP contribution in [0.2, 0.25) is 0 Å². The van der Waals surface area contributed by atoms with Gasteiger partial charge in [-0.05, 0) is 29.7 Å². The summed E-state index contributed by atoms with van der Waals surface area (Å²) < 4.78 is 31.1. The molecule has 0 aromatic heterocycles. The van der Waals surface area contributed by atoms with Gasteiger partial charge in [0.05, 0.1) is 19.3 Å². The van der Waals surface area contributed by atoms with Crippen LogP contribution < -0.4 is 0 Å². The van der Waals surface area contributed by atoms with Crippen LogP contribution in [0.5, 0.6) is 0 Å². The number of ether oxygens (including phenoxy) is 3. The molecule has 23 heavy (non-hydrogen) atoms. The van der Waals surface area contributed by atoms with Crippen molar-refractivity contribution in [2.24, 2.45) is 0 Å². The van der Waals surface area contributed by atoms with Crippen LogP contribution >= 0.6 is 0 Å². The number of hydrogen-bond acceptors (Lipinski definition) is 3. The lowest BCUT2D eigenvalue weighted by Crippen LogP contribution is -2.42. The second kappa shape index (κ2) is 7.68. The van der Waals surface area contributed by atoms with Crippen molar-refractivity contribution < 1.29 is 18.6 Å². The number of hydrogen-bond donors (Lipinski definition) is 0. The number of benzene rings is 2. The van der Waals surface area contributed by atoms with Crippen LogP contribution in [-0.4, -0.2) is 25.9 Å². The Morgan fingerprint density at radius 2 is 1.96 bits per heavy atom. The monoisotopic (exact) mass is 316 g/mol. The predicted octanol–water partition coefficient (Wildman–Crippen LogP) is 3.89. The molecule has 3 nitrogen and oxygen atoms in total. The quantitative estimate of drug-likeness (QED) is 0.837. The topological polar surface area (TPSA) is 27.7 Å². The molecule has 0 spiro atoms. The summed E-state index contributed by atoms with van der Waals surface area (Å²) in [4.78, 5) is 0. The largest absolute Gasteiger partial charge is 0.379 e. The molecule has 1 saturated heterocycles. The van der Waals surface area contributed by atoms with Crippen LogP contribution in [0.3, 0.4) is 0 Å². The molecular formula is C19H21FO3. The van der Waals surface area contributed by atoms with Crippen LogP contribution in [0.25, 0.3) is 0 Å². The predicted molar refractivity (Wildman–Crippen MR) is 85.5 cm³/mol. The highest BCUT2D eigenvalue weighted by molar-refractivity contribution is 5.21. The van der Waals surface area contributed by atoms with E-state index in [0.717, 1.165) is 17.5 Å². The molecule has 0 saturated carbocycles. The molecule has 0 amide bonds. The van der Waals surface area contributed by atoms with Gasteiger partial charge in [-0.1, -0.05) is 42.5 Å². The Morgan fingerprint density at radius 3 is 2.70 bits per heavy atom. The van der Waals surface area contributed by atoms with E-state index in [9.17, 15) is 4.39 Å². The van der Waals surface area contributed by atoms with Gasteiger partial charge >= 0.3 is 0 Å². The van der Waals surface area contributed by atoms with E-state index in [1.165, 1.54) is 12.1 Å². The van der Waals surface area contributed by atoms with Crippen LogP contribution in [0.4, 0.5) is 4.39 Å². The molecule has 0 bridgehead atoms. The zero-order chi connectivity index (χ0) is 16.1. The maximum Gasteiger partial charge on any atom is 0.123 e. The van der Waals surface area contributed by atoms with Gasteiger partial charge in [-0.15, -0.1) is 0 Å². The summed E-state index contributed by atoms with van der Waals surface area (Å²) in [5.74, 6) is -0.271. The first-order valence-corrected chi connectivity index (χ1v) is 7.83. The summed E-state index contributed by atoms with van der Waals surface area (Å²) >= 11 is 0. The third-order valence-corrected chi connectivity index (χ3v) is 4.13. The van der Waals surface area contributed by atoms with Gasteiger partial charge in [0.15, 0.2) is 0 Å². The Bertz CT molecular complexity index is 617. The molecule has 3 unspecified atom stereocenters. The minimum absolute atomic E-state index is 0.0688. The fraction of sp³-hybridized carbons (Fsp3) is 0.368. The van der Waals surface area contributed by atoms with E-state index in [-0.39, 0.29) is 24.1 Å². The van der Waals surface area contributed by atoms with Crippen LogP contribution in [-0.2, 0) is 20.8 Å². The molecular weight excluding hydrogens is 295 g/mol. The lowest BCUT2D eigenvalue weighted by atomic mass is 9.95. The van der Waals surface area contributed by atoms with Crippen LogP contribution in [0.1, 0.15) is 23.7 Å². The van der Waals surface area contributed by atoms with E-state index in [4.69, 9.17) is 14.2 Å². The van der Waals surface area contributed by atoms with E-state index in [0.29, 0.717) is 13.2 Å². The van der Waals surface area contributed by atoms with Gasteiger partial charge in [-0.25, -0.2) is 4.39 Å². The molecule has 2 aromatic rings. The van der Waals surface area contributed by atoms with Crippen molar-refractivity contribution >= 4 is 0 Å². The van der Waals surface area contributed by atoms with E-state index in [2.05, 4.69) is 0 Å². The van der Waals surface area contributed by atoms with Gasteiger partial charge in [0.2, 0.25) is 0 Å². The molecule has 1 heterocycles. The van der Waals surface area contributed by atoms with Crippen molar-refractivity contribution in [1.82, 2.24) is 0 Å². The summed E-state index contributed by atoms with van der Waals surface area (Å²) in [5.41, 5.74) is 1.87. The molecule has 1 aliphatic heterocycles. The van der Waals surface area contributed by atoms with Crippen LogP contribution in [0, 0.1) is 5.82 Å². The average Bonchev–Trinajstić information content (AvgIpc) is 2.60. The molecule has 122 valence electrons. The average molecular weight is 316 g/mol. The molecule has 1 fully saturated rings. The summed E-state index contributed by atoms with van der Waals surface area (Å²) in [6, 6.07) is 16.5. The van der Waals surface area contributed by atoms with E-state index in [1.807, 2.05) is 36.4 Å². The lowest BCUT2D eigenvalue weighted by Gasteiger charge is -2.37. The molecule has 3 atom stereocenters. The van der Waals surface area contributed by atoms with Gasteiger partial charge in [0.1, 0.15) is 18.0 Å². The van der Waals surface area contributed by atoms with Crippen molar-refractivity contribution in [1.29, 1.82) is 0 Å². The van der Waals surface area contributed by atoms with Gasteiger partial charge in [-0.3, -0.25) is 0 Å². The lowest BCUT2D eigenvalue weighted by molar-refractivity contribution is -0.175. The van der Waals surface area contributed by atoms with Crippen LogP contribution in [0.15, 0.2) is 54.6 Å². The molecule has 3 rings (SSSR count). The van der Waals surface area contributed by atoms with Gasteiger partial charge in [0.25, 0.3) is 0 Å². The Hall–Kier alpha value is -1.75. The highest BCUT2D eigenvalue weighted by Crippen LogP contribution is 2.33. The zero-order valence-electron chi connectivity index (χ0n) is 13.2. The number of halogens is 1. The molecule has 0 N–H and O–H groups in total. The molecule has 0 radical (unpaired) electrons. The Balaban J connectivity index is 1.78. The second-order valence-corrected chi connectivity index (χ2v) is 5.67. The highest BCUT2D eigenvalue weighted by atomic mass is 19.1. The number of rotatable bonds is 5. The fourth-order valence-corrected chi connectivity index (χ4v) is 2.95. The minimum atomic E-state index is -0.326. The summed E-state index contributed by atoms with van der Waals surface area (Å²) in [6.07, 6.45) is 0.103. The van der Waals surface area contributed by atoms with Crippen molar-refractivity contribution in [3.05, 3.63) is 71.5 Å². The third kappa shape index (κ3) is 3.96. The van der Waals surface area contributed by atoms with Gasteiger partial charge < -0.3 is 14.2 Å². The fourth-order valence-electron chi connectivity index (χ4n) is 2.95. The van der Waals surface area contributed by atoms with Crippen molar-refractivity contribution in [3.8, 4) is 0 Å².